The zero-order chi connectivity index (χ0) is 14.7. The maximum Gasteiger partial charge on any atom is 0.306 e. The number of aromatic amines is 1. The molecule has 1 aromatic heterocycles. The van der Waals surface area contributed by atoms with Gasteiger partial charge in [-0.1, -0.05) is 18.6 Å². The predicted molar refractivity (Wildman–Crippen MR) is 81.0 cm³/mol. The predicted octanol–water partition coefficient (Wildman–Crippen LogP) is 3.13. The zero-order valence-corrected chi connectivity index (χ0v) is 11.7. The molecule has 0 bridgehead atoms. The van der Waals surface area contributed by atoms with Crippen LogP contribution in [0.1, 0.15) is 25.7 Å². The Morgan fingerprint density at radius 3 is 2.76 bits per heavy atom. The molecule has 0 aliphatic heterocycles. The Labute approximate surface area is 123 Å². The van der Waals surface area contributed by atoms with Crippen LogP contribution >= 0.6 is 0 Å². The largest absolute Gasteiger partial charge is 0.481 e. The van der Waals surface area contributed by atoms with Gasteiger partial charge in [-0.2, -0.15) is 0 Å². The molecule has 110 valence electrons. The molecule has 2 atom stereocenters. The lowest BCUT2D eigenvalue weighted by molar-refractivity contribution is -0.142. The zero-order valence-electron chi connectivity index (χ0n) is 11.7. The molecule has 3 N–H and O–H groups in total. The fourth-order valence-electron chi connectivity index (χ4n) is 2.94. The molecular weight excluding hydrogens is 266 g/mol. The summed E-state index contributed by atoms with van der Waals surface area (Å²) in [6.45, 7) is 0. The number of hydrogen-bond acceptors (Lipinski definition) is 3. The number of anilines is 1. The highest BCUT2D eigenvalue weighted by Crippen LogP contribution is 2.27. The molecule has 1 aliphatic carbocycles. The monoisotopic (exact) mass is 285 g/mol. The van der Waals surface area contributed by atoms with Gasteiger partial charge in [-0.3, -0.25) is 4.79 Å². The van der Waals surface area contributed by atoms with Crippen LogP contribution in [-0.4, -0.2) is 27.1 Å². The van der Waals surface area contributed by atoms with E-state index < -0.39 is 5.97 Å². The van der Waals surface area contributed by atoms with Gasteiger partial charge in [0.2, 0.25) is 0 Å². The van der Waals surface area contributed by atoms with E-state index >= 15 is 0 Å². The smallest absolute Gasteiger partial charge is 0.306 e. The van der Waals surface area contributed by atoms with E-state index in [2.05, 4.69) is 15.3 Å². The van der Waals surface area contributed by atoms with Crippen molar-refractivity contribution in [3.05, 3.63) is 36.8 Å². The minimum Gasteiger partial charge on any atom is -0.481 e. The summed E-state index contributed by atoms with van der Waals surface area (Å²) < 4.78 is 0. The maximum absolute atomic E-state index is 11.1. The maximum atomic E-state index is 11.1. The minimum atomic E-state index is -0.670. The van der Waals surface area contributed by atoms with Crippen molar-refractivity contribution in [1.82, 2.24) is 9.97 Å². The topological polar surface area (TPSA) is 78.0 Å². The quantitative estimate of drug-likeness (QED) is 0.806. The van der Waals surface area contributed by atoms with E-state index in [-0.39, 0.29) is 12.0 Å². The van der Waals surface area contributed by atoms with Crippen molar-refractivity contribution < 1.29 is 9.90 Å². The van der Waals surface area contributed by atoms with Crippen molar-refractivity contribution >= 4 is 11.7 Å². The van der Waals surface area contributed by atoms with Crippen LogP contribution in [0.3, 0.4) is 0 Å². The van der Waals surface area contributed by atoms with Gasteiger partial charge in [0.15, 0.2) is 0 Å². The molecule has 2 aromatic rings. The van der Waals surface area contributed by atoms with Gasteiger partial charge < -0.3 is 15.4 Å². The highest BCUT2D eigenvalue weighted by molar-refractivity contribution is 5.70. The van der Waals surface area contributed by atoms with E-state index in [1.54, 1.807) is 12.5 Å². The standard InChI is InChI=1S/C16H19N3O2/c20-16(21)12-2-1-3-14(8-12)19-13-6-4-11(5-7-13)15-9-17-10-18-15/h4-7,9-10,12,14,19H,1-3,8H2,(H,17,18)(H,20,21). The molecule has 5 nitrogen and oxygen atoms in total. The van der Waals surface area contributed by atoms with E-state index in [0.29, 0.717) is 6.42 Å². The number of carboxylic acids is 1. The second-order valence-electron chi connectivity index (χ2n) is 5.59. The van der Waals surface area contributed by atoms with Crippen LogP contribution in [0.25, 0.3) is 11.3 Å². The average Bonchev–Trinajstić information content (AvgIpc) is 3.02. The van der Waals surface area contributed by atoms with Gasteiger partial charge in [0.05, 0.1) is 24.1 Å². The summed E-state index contributed by atoms with van der Waals surface area (Å²) in [7, 11) is 0. The van der Waals surface area contributed by atoms with Gasteiger partial charge in [0.25, 0.3) is 0 Å². The van der Waals surface area contributed by atoms with Crippen LogP contribution in [0.15, 0.2) is 36.8 Å². The summed E-state index contributed by atoms with van der Waals surface area (Å²) in [4.78, 5) is 18.2. The van der Waals surface area contributed by atoms with E-state index in [4.69, 9.17) is 5.11 Å². The lowest BCUT2D eigenvalue weighted by Gasteiger charge is -2.28. The van der Waals surface area contributed by atoms with Crippen molar-refractivity contribution in [3.63, 3.8) is 0 Å². The highest BCUT2D eigenvalue weighted by Gasteiger charge is 2.26. The molecule has 1 aromatic carbocycles. The van der Waals surface area contributed by atoms with Crippen LogP contribution in [0.2, 0.25) is 0 Å². The number of aliphatic carboxylic acids is 1. The third-order valence-electron chi connectivity index (χ3n) is 4.09. The number of H-pyrrole nitrogens is 1. The first-order valence-electron chi connectivity index (χ1n) is 7.30. The summed E-state index contributed by atoms with van der Waals surface area (Å²) in [5.41, 5.74) is 3.12. The summed E-state index contributed by atoms with van der Waals surface area (Å²) in [5, 5.41) is 12.6. The molecule has 0 saturated heterocycles. The van der Waals surface area contributed by atoms with E-state index in [9.17, 15) is 4.79 Å². The molecular formula is C16H19N3O2. The summed E-state index contributed by atoms with van der Waals surface area (Å²) >= 11 is 0. The summed E-state index contributed by atoms with van der Waals surface area (Å²) in [6, 6.07) is 8.37. The lowest BCUT2D eigenvalue weighted by atomic mass is 9.85. The van der Waals surface area contributed by atoms with Crippen molar-refractivity contribution in [2.45, 2.75) is 31.7 Å². The molecule has 1 saturated carbocycles. The molecule has 0 amide bonds. The fraction of sp³-hybridized carbons (Fsp3) is 0.375. The Bertz CT molecular complexity index is 592. The Balaban J connectivity index is 1.64. The molecule has 1 heterocycles. The number of aromatic nitrogens is 2. The molecule has 1 aliphatic rings. The third-order valence-corrected chi connectivity index (χ3v) is 4.09. The molecule has 21 heavy (non-hydrogen) atoms. The van der Waals surface area contributed by atoms with Crippen LogP contribution in [-0.2, 0) is 4.79 Å². The lowest BCUT2D eigenvalue weighted by Crippen LogP contribution is -2.30. The Morgan fingerprint density at radius 2 is 2.10 bits per heavy atom. The first kappa shape index (κ1) is 13.7. The number of benzene rings is 1. The Morgan fingerprint density at radius 1 is 1.29 bits per heavy atom. The first-order chi connectivity index (χ1) is 10.2. The van der Waals surface area contributed by atoms with Gasteiger partial charge in [-0.15, -0.1) is 0 Å². The summed E-state index contributed by atoms with van der Waals surface area (Å²) in [5.74, 6) is -0.878. The van der Waals surface area contributed by atoms with Gasteiger partial charge >= 0.3 is 5.97 Å². The van der Waals surface area contributed by atoms with Crippen LogP contribution in [0.4, 0.5) is 5.69 Å². The normalized spacial score (nSPS) is 21.9. The highest BCUT2D eigenvalue weighted by atomic mass is 16.4. The summed E-state index contributed by atoms with van der Waals surface area (Å²) in [6.07, 6.45) is 6.97. The molecule has 0 spiro atoms. The van der Waals surface area contributed by atoms with Gasteiger partial charge in [0, 0.05) is 11.7 Å². The Hall–Kier alpha value is -2.30. The number of hydrogen-bond donors (Lipinski definition) is 3. The third kappa shape index (κ3) is 3.24. The average molecular weight is 285 g/mol. The van der Waals surface area contributed by atoms with Crippen molar-refractivity contribution in [2.75, 3.05) is 5.32 Å². The van der Waals surface area contributed by atoms with Crippen LogP contribution in [0, 0.1) is 5.92 Å². The molecule has 3 rings (SSSR count). The fourth-order valence-corrected chi connectivity index (χ4v) is 2.94. The van der Waals surface area contributed by atoms with E-state index in [1.807, 2.05) is 24.3 Å². The van der Waals surface area contributed by atoms with Crippen molar-refractivity contribution in [1.29, 1.82) is 0 Å². The number of imidazole rings is 1. The van der Waals surface area contributed by atoms with Gasteiger partial charge in [0.1, 0.15) is 0 Å². The minimum absolute atomic E-state index is 0.208. The molecule has 5 heteroatoms. The second kappa shape index (κ2) is 5.99. The van der Waals surface area contributed by atoms with Gasteiger partial charge in [-0.25, -0.2) is 4.98 Å². The number of rotatable bonds is 4. The number of carboxylic acid groups (broad SMARTS) is 1. The number of nitrogens with zero attached hydrogens (tertiary/aromatic N) is 1. The van der Waals surface area contributed by atoms with Gasteiger partial charge in [-0.05, 0) is 37.0 Å². The van der Waals surface area contributed by atoms with E-state index in [0.717, 1.165) is 36.2 Å². The molecule has 1 fully saturated rings. The molecule has 0 radical (unpaired) electrons. The Kier molecular flexibility index (Phi) is 3.90. The second-order valence-corrected chi connectivity index (χ2v) is 5.59. The van der Waals surface area contributed by atoms with Crippen LogP contribution < -0.4 is 5.32 Å². The molecule has 2 unspecified atom stereocenters. The van der Waals surface area contributed by atoms with Crippen LogP contribution in [0.5, 0.6) is 0 Å². The number of carbonyl (C=O) groups is 1. The van der Waals surface area contributed by atoms with E-state index in [1.165, 1.54) is 0 Å². The number of nitrogens with one attached hydrogen (secondary N) is 2. The van der Waals surface area contributed by atoms with Crippen molar-refractivity contribution in [3.8, 4) is 11.3 Å². The SMILES string of the molecule is O=C(O)C1CCCC(Nc2ccc(-c3cnc[nH]3)cc2)C1. The van der Waals surface area contributed by atoms with Crippen molar-refractivity contribution in [2.24, 2.45) is 5.92 Å². The first-order valence-corrected chi connectivity index (χ1v) is 7.30.